The van der Waals surface area contributed by atoms with Gasteiger partial charge in [0.15, 0.2) is 0 Å². The van der Waals surface area contributed by atoms with Crippen molar-refractivity contribution in [2.75, 3.05) is 6.54 Å². The fraction of sp³-hybridized carbons (Fsp3) is 0.941. The molecule has 0 spiro atoms. The minimum atomic E-state index is -0.655. The van der Waals surface area contributed by atoms with E-state index >= 15 is 0 Å². The van der Waals surface area contributed by atoms with E-state index in [0.29, 0.717) is 23.9 Å². The predicted molar refractivity (Wildman–Crippen MR) is 81.7 cm³/mol. The molecule has 3 heteroatoms. The highest BCUT2D eigenvalue weighted by molar-refractivity contribution is 5.69. The van der Waals surface area contributed by atoms with Crippen LogP contribution in [0.2, 0.25) is 0 Å². The highest BCUT2D eigenvalue weighted by atomic mass is 16.4. The summed E-state index contributed by atoms with van der Waals surface area (Å²) in [6.45, 7) is 7.19. The third-order valence-corrected chi connectivity index (χ3v) is 5.52. The first-order valence-corrected chi connectivity index (χ1v) is 8.46. The van der Waals surface area contributed by atoms with E-state index in [-0.39, 0.29) is 6.54 Å². The molecule has 0 amide bonds. The van der Waals surface area contributed by atoms with Crippen molar-refractivity contribution in [3.05, 3.63) is 0 Å². The van der Waals surface area contributed by atoms with Crippen LogP contribution in [-0.2, 0) is 4.79 Å². The van der Waals surface area contributed by atoms with Crippen molar-refractivity contribution < 1.29 is 9.90 Å². The number of nitrogens with zero attached hydrogens (tertiary/aromatic N) is 1. The summed E-state index contributed by atoms with van der Waals surface area (Å²) >= 11 is 0. The lowest BCUT2D eigenvalue weighted by molar-refractivity contribution is -0.140. The number of carboxylic acids is 1. The molecule has 116 valence electrons. The molecule has 2 rings (SSSR count). The molecule has 0 bridgehead atoms. The largest absolute Gasteiger partial charge is 0.480 e. The predicted octanol–water partition coefficient (Wildman–Crippen LogP) is 3.78. The molecular weight excluding hydrogens is 250 g/mol. The molecule has 0 aromatic carbocycles. The fourth-order valence-corrected chi connectivity index (χ4v) is 4.44. The monoisotopic (exact) mass is 281 g/mol. The van der Waals surface area contributed by atoms with Crippen molar-refractivity contribution in [1.29, 1.82) is 0 Å². The second-order valence-electron chi connectivity index (χ2n) is 7.40. The molecule has 1 N–H and O–H groups in total. The molecule has 2 fully saturated rings. The number of hydrogen-bond donors (Lipinski definition) is 1. The maximum Gasteiger partial charge on any atom is 0.317 e. The number of rotatable bonds is 5. The lowest BCUT2D eigenvalue weighted by Crippen LogP contribution is -2.51. The summed E-state index contributed by atoms with van der Waals surface area (Å²) in [7, 11) is 0. The van der Waals surface area contributed by atoms with E-state index in [1.807, 2.05) is 0 Å². The normalized spacial score (nSPS) is 32.1. The highest BCUT2D eigenvalue weighted by Gasteiger charge is 2.38. The van der Waals surface area contributed by atoms with Crippen molar-refractivity contribution in [2.45, 2.75) is 77.8 Å². The summed E-state index contributed by atoms with van der Waals surface area (Å²) in [6, 6.07) is 1.00. The molecule has 0 aromatic rings. The molecule has 3 nitrogen and oxygen atoms in total. The lowest BCUT2D eigenvalue weighted by Gasteiger charge is -2.45. The smallest absolute Gasteiger partial charge is 0.317 e. The molecule has 0 aliphatic heterocycles. The second-order valence-corrected chi connectivity index (χ2v) is 7.40. The van der Waals surface area contributed by atoms with Gasteiger partial charge in [-0.25, -0.2) is 0 Å². The summed E-state index contributed by atoms with van der Waals surface area (Å²) in [5.41, 5.74) is 0. The van der Waals surface area contributed by atoms with Gasteiger partial charge in [-0.1, -0.05) is 40.0 Å². The quantitative estimate of drug-likeness (QED) is 0.834. The zero-order valence-electron chi connectivity index (χ0n) is 13.3. The Morgan fingerprint density at radius 3 is 2.40 bits per heavy atom. The Kier molecular flexibility index (Phi) is 5.48. The first-order valence-electron chi connectivity index (χ1n) is 8.46. The molecule has 20 heavy (non-hydrogen) atoms. The van der Waals surface area contributed by atoms with E-state index in [4.69, 9.17) is 0 Å². The summed E-state index contributed by atoms with van der Waals surface area (Å²) < 4.78 is 0. The van der Waals surface area contributed by atoms with Crippen molar-refractivity contribution in [2.24, 2.45) is 17.8 Å². The number of hydrogen-bond acceptors (Lipinski definition) is 2. The van der Waals surface area contributed by atoms with Gasteiger partial charge in [0.2, 0.25) is 0 Å². The average molecular weight is 281 g/mol. The van der Waals surface area contributed by atoms with Gasteiger partial charge in [0.1, 0.15) is 0 Å². The van der Waals surface area contributed by atoms with Crippen LogP contribution in [0, 0.1) is 17.8 Å². The second kappa shape index (κ2) is 6.93. The molecular formula is C17H31NO2. The van der Waals surface area contributed by atoms with Gasteiger partial charge >= 0.3 is 5.97 Å². The topological polar surface area (TPSA) is 40.5 Å². The van der Waals surface area contributed by atoms with Gasteiger partial charge in [0, 0.05) is 12.1 Å². The first kappa shape index (κ1) is 15.8. The van der Waals surface area contributed by atoms with Gasteiger partial charge in [0.05, 0.1) is 6.54 Å². The van der Waals surface area contributed by atoms with Gasteiger partial charge in [-0.2, -0.15) is 0 Å². The van der Waals surface area contributed by atoms with Crippen molar-refractivity contribution >= 4 is 5.97 Å². The van der Waals surface area contributed by atoms with Crippen LogP contribution < -0.4 is 0 Å². The molecule has 3 atom stereocenters. The Hall–Kier alpha value is -0.570. The van der Waals surface area contributed by atoms with Gasteiger partial charge < -0.3 is 5.11 Å². The van der Waals surface area contributed by atoms with E-state index in [1.165, 1.54) is 44.9 Å². The molecule has 0 radical (unpaired) electrons. The minimum absolute atomic E-state index is 0.241. The lowest BCUT2D eigenvalue weighted by atomic mass is 9.73. The summed E-state index contributed by atoms with van der Waals surface area (Å²) in [5, 5.41) is 9.32. The van der Waals surface area contributed by atoms with Crippen molar-refractivity contribution in [1.82, 2.24) is 4.90 Å². The van der Waals surface area contributed by atoms with Crippen LogP contribution in [0.1, 0.15) is 65.7 Å². The van der Waals surface area contributed by atoms with Crippen LogP contribution in [0.15, 0.2) is 0 Å². The highest BCUT2D eigenvalue weighted by Crippen LogP contribution is 2.39. The molecule has 2 aliphatic carbocycles. The maximum absolute atomic E-state index is 11.3. The Morgan fingerprint density at radius 2 is 1.85 bits per heavy atom. The molecule has 0 aromatic heterocycles. The van der Waals surface area contributed by atoms with E-state index in [9.17, 15) is 9.90 Å². The third kappa shape index (κ3) is 3.75. The molecule has 0 saturated heterocycles. The standard InChI is InChI=1S/C17H31NO2/c1-12(2)15-9-8-13(3)10-16(15)18(11-17(19)20)14-6-4-5-7-14/h12-16H,4-11H2,1-3H3,(H,19,20). The molecule has 0 heterocycles. The Bertz CT molecular complexity index is 323. The van der Waals surface area contributed by atoms with Gasteiger partial charge in [0.25, 0.3) is 0 Å². The zero-order chi connectivity index (χ0) is 14.7. The number of carbonyl (C=O) groups is 1. The molecule has 3 unspecified atom stereocenters. The zero-order valence-corrected chi connectivity index (χ0v) is 13.3. The molecule has 2 saturated carbocycles. The van der Waals surface area contributed by atoms with Crippen LogP contribution in [-0.4, -0.2) is 34.6 Å². The van der Waals surface area contributed by atoms with E-state index in [2.05, 4.69) is 25.7 Å². The summed E-state index contributed by atoms with van der Waals surface area (Å²) in [5.74, 6) is 1.42. The summed E-state index contributed by atoms with van der Waals surface area (Å²) in [6.07, 6.45) is 8.71. The summed E-state index contributed by atoms with van der Waals surface area (Å²) in [4.78, 5) is 13.7. The Morgan fingerprint density at radius 1 is 1.20 bits per heavy atom. The Labute approximate surface area is 123 Å². The first-order chi connectivity index (χ1) is 9.49. The van der Waals surface area contributed by atoms with Gasteiger partial charge in [-0.05, 0) is 43.4 Å². The van der Waals surface area contributed by atoms with E-state index in [0.717, 1.165) is 5.92 Å². The minimum Gasteiger partial charge on any atom is -0.480 e. The molecule has 2 aliphatic rings. The van der Waals surface area contributed by atoms with Crippen LogP contribution in [0.5, 0.6) is 0 Å². The van der Waals surface area contributed by atoms with E-state index in [1.54, 1.807) is 0 Å². The number of carboxylic acid groups (broad SMARTS) is 1. The maximum atomic E-state index is 11.3. The van der Waals surface area contributed by atoms with E-state index < -0.39 is 5.97 Å². The van der Waals surface area contributed by atoms with Crippen LogP contribution in [0.4, 0.5) is 0 Å². The Balaban J connectivity index is 2.16. The van der Waals surface area contributed by atoms with Gasteiger partial charge in [-0.15, -0.1) is 0 Å². The van der Waals surface area contributed by atoms with Crippen LogP contribution in [0.3, 0.4) is 0 Å². The van der Waals surface area contributed by atoms with Crippen molar-refractivity contribution in [3.8, 4) is 0 Å². The fourth-order valence-electron chi connectivity index (χ4n) is 4.44. The van der Waals surface area contributed by atoms with Crippen molar-refractivity contribution in [3.63, 3.8) is 0 Å². The SMILES string of the molecule is CC1CCC(C(C)C)C(N(CC(=O)O)C2CCCC2)C1. The third-order valence-electron chi connectivity index (χ3n) is 5.52. The average Bonchev–Trinajstić information content (AvgIpc) is 2.88. The van der Waals surface area contributed by atoms with Gasteiger partial charge in [-0.3, -0.25) is 9.69 Å². The number of aliphatic carboxylic acids is 1. The van der Waals surface area contributed by atoms with Crippen LogP contribution in [0.25, 0.3) is 0 Å². The van der Waals surface area contributed by atoms with Crippen LogP contribution >= 0.6 is 0 Å².